The Kier molecular flexibility index (Phi) is 14.9. The maximum Gasteiger partial charge on any atom is 0.488 e. The third kappa shape index (κ3) is 10.8. The number of hydrogen-bond acceptors (Lipinski definition) is 11. The van der Waals surface area contributed by atoms with Crippen LogP contribution in [0.5, 0.6) is 0 Å². The van der Waals surface area contributed by atoms with Crippen molar-refractivity contribution in [3.63, 3.8) is 0 Å². The Morgan fingerprint density at radius 2 is 1.43 bits per heavy atom. The number of hydrogen-bond donors (Lipinski definition) is 10. The second-order valence-electron chi connectivity index (χ2n) is 5.73. The predicted molar refractivity (Wildman–Crippen MR) is 99.5 cm³/mol. The van der Waals surface area contributed by atoms with Gasteiger partial charge in [-0.15, -0.1) is 0 Å². The van der Waals surface area contributed by atoms with E-state index in [1.807, 2.05) is 0 Å². The number of aliphatic hydroxyl groups excluding tert-OH is 6. The van der Waals surface area contributed by atoms with Gasteiger partial charge in [-0.3, -0.25) is 4.79 Å². The van der Waals surface area contributed by atoms with Gasteiger partial charge in [-0.05, 0) is 17.4 Å². The number of carboxylic acid groups (broad SMARTS) is 1. The summed E-state index contributed by atoms with van der Waals surface area (Å²) >= 11 is 0. The maximum atomic E-state index is 10.9. The van der Waals surface area contributed by atoms with Crippen LogP contribution in [0.4, 0.5) is 0 Å². The van der Waals surface area contributed by atoms with E-state index in [-0.39, 0.29) is 36.0 Å². The van der Waals surface area contributed by atoms with Gasteiger partial charge in [-0.1, -0.05) is 24.3 Å². The zero-order valence-corrected chi connectivity index (χ0v) is 17.4. The first-order chi connectivity index (χ1) is 13.1. The first-order valence-electron chi connectivity index (χ1n) is 8.31. The van der Waals surface area contributed by atoms with E-state index in [1.165, 1.54) is 12.1 Å². The van der Waals surface area contributed by atoms with Gasteiger partial charge in [0, 0.05) is 29.6 Å². The molecule has 11 nitrogen and oxygen atoms in total. The monoisotopic (exact) mass is 415 g/mol. The number of rotatable bonds is 9. The molecule has 0 aliphatic heterocycles. The molecule has 0 spiro atoms. The molecule has 0 aliphatic carbocycles. The average Bonchev–Trinajstić information content (AvgIpc) is 2.71. The fraction of sp³-hybridized carbons (Fsp3) is 0.533. The molecule has 0 bridgehead atoms. The van der Waals surface area contributed by atoms with Crippen LogP contribution in [0, 0.1) is 0 Å². The molecule has 1 aromatic rings. The summed E-state index contributed by atoms with van der Waals surface area (Å²) in [6, 6.07) is 5.43. The van der Waals surface area contributed by atoms with Crippen LogP contribution >= 0.6 is 0 Å². The predicted octanol–water partition coefficient (Wildman–Crippen LogP) is -5.65. The van der Waals surface area contributed by atoms with Crippen LogP contribution < -0.4 is 11.2 Å². The van der Waals surface area contributed by atoms with Gasteiger partial charge < -0.3 is 51.5 Å². The van der Waals surface area contributed by atoms with Crippen molar-refractivity contribution in [3.8, 4) is 0 Å². The molecule has 155 valence electrons. The zero-order chi connectivity index (χ0) is 21.9. The van der Waals surface area contributed by atoms with E-state index in [0.717, 1.165) is 5.56 Å². The second kappa shape index (κ2) is 15.3. The summed E-state index contributed by atoms with van der Waals surface area (Å²) in [4.78, 5) is 10.9. The fourth-order valence-electron chi connectivity index (χ4n) is 1.83. The van der Waals surface area contributed by atoms with Crippen molar-refractivity contribution in [1.29, 1.82) is 1.43 Å². The number of carbonyl (C=O) groups is 1. The fourth-order valence-corrected chi connectivity index (χ4v) is 1.83. The van der Waals surface area contributed by atoms with Crippen molar-refractivity contribution < 1.29 is 50.6 Å². The van der Waals surface area contributed by atoms with Gasteiger partial charge >= 0.3 is 13.1 Å². The summed E-state index contributed by atoms with van der Waals surface area (Å²) in [5, 5.41) is 73.6. The Morgan fingerprint density at radius 1 is 1.00 bits per heavy atom. The first-order valence-corrected chi connectivity index (χ1v) is 7.90. The number of benzene rings is 1. The molecule has 0 heterocycles. The van der Waals surface area contributed by atoms with Gasteiger partial charge in [0.1, 0.15) is 30.5 Å². The van der Waals surface area contributed by atoms with Crippen LogP contribution in [0.1, 0.15) is 5.56 Å². The Bertz CT molecular complexity index is 557. The molecule has 0 aromatic heterocycles. The summed E-state index contributed by atoms with van der Waals surface area (Å²) in [5.74, 6) is -0.800. The largest absolute Gasteiger partial charge is 0.488 e. The topological polar surface area (TPSA) is 225 Å². The molecule has 0 amide bonds. The Hall–Kier alpha value is -0.605. The van der Waals surface area contributed by atoms with E-state index in [9.17, 15) is 4.79 Å². The molecule has 5 atom stereocenters. The van der Waals surface area contributed by atoms with E-state index >= 15 is 0 Å². The molecule has 0 fully saturated rings. The zero-order valence-electron chi connectivity index (χ0n) is 16.4. The third-order valence-electron chi connectivity index (χ3n) is 3.55. The average molecular weight is 415 g/mol. The Labute approximate surface area is 185 Å². The van der Waals surface area contributed by atoms with Crippen molar-refractivity contribution in [2.75, 3.05) is 13.2 Å². The van der Waals surface area contributed by atoms with Gasteiger partial charge in [0.25, 0.3) is 1.43 Å². The molecule has 1 rings (SSSR count). The van der Waals surface area contributed by atoms with Gasteiger partial charge in [0.05, 0.1) is 13.2 Å². The van der Waals surface area contributed by atoms with Crippen molar-refractivity contribution in [2.45, 2.75) is 36.9 Å². The first kappa shape index (κ1) is 27.4. The quantitative estimate of drug-likeness (QED) is 0.171. The molecule has 0 saturated carbocycles. The molecular weight excluding hydrogens is 388 g/mol. The number of aliphatic carboxylic acids is 1. The molecule has 28 heavy (non-hydrogen) atoms. The van der Waals surface area contributed by atoms with Crippen LogP contribution in [0.3, 0.4) is 0 Å². The molecule has 0 aliphatic rings. The van der Waals surface area contributed by atoms with Crippen LogP contribution in [0.2, 0.25) is 0 Å². The summed E-state index contributed by atoms with van der Waals surface area (Å²) in [6.45, 7) is -1.45. The molecule has 0 unspecified atom stereocenters. The molecular formula is C15H26BNNaO10. The van der Waals surface area contributed by atoms with E-state index in [0.29, 0.717) is 5.46 Å². The standard InChI is InChI=1S/C9H12BNO4.C6H14O6.Na/c11-8(9(12)13)5-6-1-3-7(4-2-6)10(14)15;7-1-3(9)5(11)6(12)4(10)2-8;/h1-4,8,14-15H,5,11H2,(H,12,13);3-12H,1-2H2;/t8-;3-,4+,5-,6-;/m01./s1/i/hD. The Morgan fingerprint density at radius 3 is 1.75 bits per heavy atom. The number of aliphatic hydroxyl groups is 6. The van der Waals surface area contributed by atoms with E-state index in [4.69, 9.17) is 47.9 Å². The molecule has 0 saturated heterocycles. The van der Waals surface area contributed by atoms with Gasteiger partial charge in [0.2, 0.25) is 0 Å². The number of nitrogens with two attached hydrogens (primary N) is 1. The summed E-state index contributed by atoms with van der Waals surface area (Å²) in [7, 11) is -1.51. The van der Waals surface area contributed by atoms with Crippen LogP contribution in [-0.4, -0.2) is 132 Å². The van der Waals surface area contributed by atoms with Gasteiger partial charge in [-0.25, -0.2) is 0 Å². The molecule has 13 heteroatoms. The van der Waals surface area contributed by atoms with E-state index < -0.39 is 56.8 Å². The molecule has 1 aromatic carbocycles. The Balaban J connectivity index is 0. The minimum atomic E-state index is -1.67. The molecule has 11 N–H and O–H groups in total. The normalized spacial score (nSPS) is 16.1. The molecule has 1 radical (unpaired) electrons. The van der Waals surface area contributed by atoms with E-state index in [1.54, 1.807) is 12.1 Å². The second-order valence-corrected chi connectivity index (χ2v) is 5.73. The summed E-state index contributed by atoms with van der Waals surface area (Å²) < 4.78 is 6.40. The summed E-state index contributed by atoms with van der Waals surface area (Å²) in [6.07, 6.45) is -6.16. The smallest absolute Gasteiger partial charge is 0.480 e. The van der Waals surface area contributed by atoms with Crippen molar-refractivity contribution in [3.05, 3.63) is 29.8 Å². The van der Waals surface area contributed by atoms with Crippen LogP contribution in [-0.2, 0) is 11.2 Å². The van der Waals surface area contributed by atoms with Crippen molar-refractivity contribution >= 4 is 48.1 Å². The van der Waals surface area contributed by atoms with Crippen molar-refractivity contribution in [1.82, 2.24) is 0 Å². The third-order valence-corrected chi connectivity index (χ3v) is 3.55. The van der Waals surface area contributed by atoms with Crippen molar-refractivity contribution in [2.24, 2.45) is 5.73 Å². The van der Waals surface area contributed by atoms with E-state index in [2.05, 4.69) is 5.11 Å². The maximum absolute atomic E-state index is 10.9. The SMILES string of the molecule is OC[C@@H](O)[C@@H](O)[C@H](O)[C@@H](O)CO.[2H]OC(=O)[C@@H](N)Cc1ccc(B(O)O)cc1.[Na]. The van der Waals surface area contributed by atoms with Gasteiger partial charge in [-0.2, -0.15) is 0 Å². The van der Waals surface area contributed by atoms with Crippen LogP contribution in [0.25, 0.3) is 1.43 Å². The minimum absolute atomic E-state index is 0. The van der Waals surface area contributed by atoms with Crippen LogP contribution in [0.15, 0.2) is 24.3 Å². The minimum Gasteiger partial charge on any atom is -0.480 e. The summed E-state index contributed by atoms with van der Waals surface area (Å²) in [5.41, 5.74) is 6.58. The van der Waals surface area contributed by atoms with Gasteiger partial charge in [0.15, 0.2) is 0 Å². The number of carboxylic acids is 1.